The Bertz CT molecular complexity index is 798. The van der Waals surface area contributed by atoms with Crippen molar-refractivity contribution < 1.29 is 29.6 Å². The SMILES string of the molecule is CC(C)(O)CCO.CC(C)(O)CCOC(=O)C12CC3CC(CC(C3)C1)C2.O=C(Cl)C12CC3CC(CC(C3)C1)C2. The van der Waals surface area contributed by atoms with Crippen molar-refractivity contribution in [3.8, 4) is 0 Å². The van der Waals surface area contributed by atoms with Gasteiger partial charge >= 0.3 is 5.97 Å². The van der Waals surface area contributed by atoms with Crippen molar-refractivity contribution in [3.63, 3.8) is 0 Å². The molecular formula is C32H53ClO6. The Hall–Kier alpha value is -0.690. The lowest BCUT2D eigenvalue weighted by Crippen LogP contribution is -2.50. The molecule has 0 atom stereocenters. The van der Waals surface area contributed by atoms with Gasteiger partial charge in [-0.15, -0.1) is 0 Å². The maximum absolute atomic E-state index is 12.5. The Morgan fingerprint density at radius 1 is 0.692 bits per heavy atom. The van der Waals surface area contributed by atoms with Gasteiger partial charge in [0.05, 0.1) is 23.2 Å². The third-order valence-corrected chi connectivity index (χ3v) is 11.0. The lowest BCUT2D eigenvalue weighted by atomic mass is 9.49. The Morgan fingerprint density at radius 3 is 1.28 bits per heavy atom. The zero-order valence-electron chi connectivity index (χ0n) is 24.7. The van der Waals surface area contributed by atoms with Gasteiger partial charge in [0.2, 0.25) is 5.24 Å². The van der Waals surface area contributed by atoms with Gasteiger partial charge in [-0.2, -0.15) is 0 Å². The molecule has 224 valence electrons. The molecule has 8 rings (SSSR count). The van der Waals surface area contributed by atoms with Crippen molar-refractivity contribution in [1.82, 2.24) is 0 Å². The molecule has 8 aliphatic carbocycles. The monoisotopic (exact) mass is 568 g/mol. The summed E-state index contributed by atoms with van der Waals surface area (Å²) in [6, 6.07) is 0. The van der Waals surface area contributed by atoms with Gasteiger partial charge in [0.15, 0.2) is 0 Å². The van der Waals surface area contributed by atoms with Crippen LogP contribution in [0, 0.1) is 46.3 Å². The number of hydrogen-bond acceptors (Lipinski definition) is 6. The number of hydrogen-bond donors (Lipinski definition) is 3. The summed E-state index contributed by atoms with van der Waals surface area (Å²) < 4.78 is 5.50. The number of carbonyl (C=O) groups excluding carboxylic acids is 2. The van der Waals surface area contributed by atoms with Gasteiger partial charge in [0.1, 0.15) is 0 Å². The molecule has 0 amide bonds. The maximum atomic E-state index is 12.5. The van der Waals surface area contributed by atoms with Gasteiger partial charge in [0.25, 0.3) is 0 Å². The summed E-state index contributed by atoms with van der Waals surface area (Å²) in [6.45, 7) is 7.26. The number of aliphatic hydroxyl groups excluding tert-OH is 1. The third kappa shape index (κ3) is 7.99. The minimum atomic E-state index is -0.748. The predicted molar refractivity (Wildman–Crippen MR) is 152 cm³/mol. The van der Waals surface area contributed by atoms with E-state index in [1.165, 1.54) is 38.5 Å². The molecule has 0 unspecified atom stereocenters. The molecular weight excluding hydrogens is 516 g/mol. The summed E-state index contributed by atoms with van der Waals surface area (Å²) in [7, 11) is 0. The number of esters is 1. The summed E-state index contributed by atoms with van der Waals surface area (Å²) in [6.07, 6.45) is 15.6. The van der Waals surface area contributed by atoms with E-state index in [0.717, 1.165) is 74.0 Å². The number of rotatable bonds is 7. The fourth-order valence-corrected chi connectivity index (χ4v) is 9.76. The molecule has 0 saturated heterocycles. The lowest BCUT2D eigenvalue weighted by molar-refractivity contribution is -0.172. The van der Waals surface area contributed by atoms with E-state index in [1.807, 2.05) is 0 Å². The summed E-state index contributed by atoms with van der Waals surface area (Å²) in [5, 5.41) is 26.7. The summed E-state index contributed by atoms with van der Waals surface area (Å²) in [4.78, 5) is 23.9. The highest BCUT2D eigenvalue weighted by Crippen LogP contribution is 2.61. The van der Waals surface area contributed by atoms with Crippen LogP contribution in [-0.4, -0.2) is 50.9 Å². The largest absolute Gasteiger partial charge is 0.465 e. The Labute approximate surface area is 240 Å². The molecule has 6 nitrogen and oxygen atoms in total. The van der Waals surface area contributed by atoms with E-state index in [4.69, 9.17) is 26.6 Å². The van der Waals surface area contributed by atoms with Crippen molar-refractivity contribution in [2.24, 2.45) is 46.3 Å². The molecule has 0 aliphatic heterocycles. The average molecular weight is 569 g/mol. The Kier molecular flexibility index (Phi) is 9.53. The molecule has 8 fully saturated rings. The van der Waals surface area contributed by atoms with Crippen LogP contribution in [0.25, 0.3) is 0 Å². The van der Waals surface area contributed by atoms with Crippen LogP contribution in [0.2, 0.25) is 0 Å². The van der Waals surface area contributed by atoms with Crippen LogP contribution >= 0.6 is 11.6 Å². The van der Waals surface area contributed by atoms with E-state index in [1.54, 1.807) is 27.7 Å². The average Bonchev–Trinajstić information content (AvgIpc) is 2.76. The summed E-state index contributed by atoms with van der Waals surface area (Å²) in [5.41, 5.74) is -1.68. The molecule has 0 aromatic carbocycles. The number of carbonyl (C=O) groups is 2. The third-order valence-electron chi connectivity index (χ3n) is 10.6. The van der Waals surface area contributed by atoms with Gasteiger partial charge < -0.3 is 20.1 Å². The first-order valence-corrected chi connectivity index (χ1v) is 15.9. The zero-order chi connectivity index (χ0) is 28.6. The molecule has 8 saturated carbocycles. The van der Waals surface area contributed by atoms with Crippen LogP contribution in [0.4, 0.5) is 0 Å². The minimum absolute atomic E-state index is 0.0239. The second-order valence-corrected chi connectivity index (χ2v) is 16.0. The fourth-order valence-electron chi connectivity index (χ4n) is 9.53. The topological polar surface area (TPSA) is 104 Å². The predicted octanol–water partition coefficient (Wildman–Crippen LogP) is 6.01. The first-order chi connectivity index (χ1) is 18.1. The number of aliphatic hydroxyl groups is 3. The summed E-state index contributed by atoms with van der Waals surface area (Å²) >= 11 is 5.76. The van der Waals surface area contributed by atoms with Crippen molar-refractivity contribution in [2.45, 2.75) is 129 Å². The van der Waals surface area contributed by atoms with Crippen molar-refractivity contribution >= 4 is 22.8 Å². The molecule has 0 heterocycles. The number of ether oxygens (including phenoxy) is 1. The second kappa shape index (κ2) is 11.9. The molecule has 0 radical (unpaired) electrons. The van der Waals surface area contributed by atoms with E-state index >= 15 is 0 Å². The second-order valence-electron chi connectivity index (χ2n) is 15.7. The molecule has 0 aromatic rings. The molecule has 7 heteroatoms. The summed E-state index contributed by atoms with van der Waals surface area (Å²) in [5.74, 6) is 4.82. The normalized spacial score (nSPS) is 39.4. The van der Waals surface area contributed by atoms with Gasteiger partial charge in [-0.25, -0.2) is 0 Å². The standard InChI is InChI=1S/C16H26O3.C11H15ClO.C5H12O2/c1-15(2,18)3-4-19-14(17)16-8-11-5-12(9-16)7-13(6-11)10-16;12-10(13)11-4-7-1-8(5-11)3-9(2-7)6-11;1-5(2,7)3-4-6/h11-13,18H,3-10H2,1-2H3;7-9H,1-6H2;6-7H,3-4H2,1-2H3. The van der Waals surface area contributed by atoms with E-state index in [9.17, 15) is 14.7 Å². The van der Waals surface area contributed by atoms with Gasteiger partial charge in [0, 0.05) is 18.4 Å². The first kappa shape index (κ1) is 31.3. The van der Waals surface area contributed by atoms with E-state index in [2.05, 4.69) is 0 Å². The smallest absolute Gasteiger partial charge is 0.312 e. The minimum Gasteiger partial charge on any atom is -0.465 e. The highest BCUT2D eigenvalue weighted by atomic mass is 35.5. The van der Waals surface area contributed by atoms with Crippen molar-refractivity contribution in [1.29, 1.82) is 0 Å². The molecule has 0 aromatic heterocycles. The zero-order valence-corrected chi connectivity index (χ0v) is 25.5. The van der Waals surface area contributed by atoms with Crippen LogP contribution in [0.5, 0.6) is 0 Å². The molecule has 0 spiro atoms. The first-order valence-electron chi connectivity index (χ1n) is 15.5. The highest BCUT2D eigenvalue weighted by molar-refractivity contribution is 6.64. The lowest BCUT2D eigenvalue weighted by Gasteiger charge is -2.55. The van der Waals surface area contributed by atoms with E-state index in [0.29, 0.717) is 19.4 Å². The molecule has 8 bridgehead atoms. The van der Waals surface area contributed by atoms with Crippen molar-refractivity contribution in [3.05, 3.63) is 0 Å². The highest BCUT2D eigenvalue weighted by Gasteiger charge is 2.56. The van der Waals surface area contributed by atoms with Crippen LogP contribution in [-0.2, 0) is 14.3 Å². The Morgan fingerprint density at radius 2 is 1.03 bits per heavy atom. The number of halogens is 1. The van der Waals surface area contributed by atoms with Crippen LogP contribution in [0.15, 0.2) is 0 Å². The van der Waals surface area contributed by atoms with Crippen molar-refractivity contribution in [2.75, 3.05) is 13.2 Å². The van der Waals surface area contributed by atoms with Gasteiger partial charge in [-0.1, -0.05) is 0 Å². The van der Waals surface area contributed by atoms with E-state index < -0.39 is 11.2 Å². The van der Waals surface area contributed by atoms with Crippen LogP contribution < -0.4 is 0 Å². The van der Waals surface area contributed by atoms with Gasteiger partial charge in [-0.05, 0) is 158 Å². The quantitative estimate of drug-likeness (QED) is 0.256. The van der Waals surface area contributed by atoms with E-state index in [-0.39, 0.29) is 28.6 Å². The van der Waals surface area contributed by atoms with Crippen LogP contribution in [0.3, 0.4) is 0 Å². The molecule has 39 heavy (non-hydrogen) atoms. The molecule has 3 N–H and O–H groups in total. The maximum Gasteiger partial charge on any atom is 0.312 e. The molecule has 8 aliphatic rings. The Balaban J connectivity index is 0.000000152. The van der Waals surface area contributed by atoms with Crippen LogP contribution in [0.1, 0.15) is 118 Å². The fraction of sp³-hybridized carbons (Fsp3) is 0.938. The van der Waals surface area contributed by atoms with Gasteiger partial charge in [-0.3, -0.25) is 9.59 Å².